The molecule has 3 N–H and O–H groups in total. The van der Waals surface area contributed by atoms with Crippen LogP contribution in [0.5, 0.6) is 5.75 Å². The molecular weight excluding hydrogens is 251 g/mol. The van der Waals surface area contributed by atoms with Crippen molar-refractivity contribution in [2.75, 3.05) is 17.6 Å². The first kappa shape index (κ1) is 12.2. The van der Waals surface area contributed by atoms with Crippen LogP contribution in [0.25, 0.3) is 0 Å². The molecule has 5 nitrogen and oxygen atoms in total. The second-order valence-electron chi connectivity index (χ2n) is 3.96. The van der Waals surface area contributed by atoms with Crippen LogP contribution in [0.4, 0.5) is 15.8 Å². The molecule has 0 unspecified atom stereocenters. The van der Waals surface area contributed by atoms with E-state index in [4.69, 9.17) is 27.3 Å². The fourth-order valence-corrected chi connectivity index (χ4v) is 1.62. The van der Waals surface area contributed by atoms with Crippen LogP contribution in [-0.4, -0.2) is 11.8 Å². The molecule has 1 aromatic rings. The summed E-state index contributed by atoms with van der Waals surface area (Å²) >= 11 is 5.76. The first-order valence-electron chi connectivity index (χ1n) is 5.07. The standard InChI is InChI=1S/C10H11ClFN2O3/c11-6-3-7(14(15)16)9(13)8(12)10(6)17-4-5-1-2-5/h3,5,15H,1-2,4,13H2/q-1. The number of hydrogen-bond acceptors (Lipinski definition) is 5. The van der Waals surface area contributed by atoms with Gasteiger partial charge in [0.1, 0.15) is 0 Å². The van der Waals surface area contributed by atoms with Gasteiger partial charge in [0.25, 0.3) is 0 Å². The van der Waals surface area contributed by atoms with Crippen LogP contribution in [0, 0.1) is 16.9 Å². The summed E-state index contributed by atoms with van der Waals surface area (Å²) in [6.07, 6.45) is 2.11. The maximum atomic E-state index is 13.7. The van der Waals surface area contributed by atoms with Gasteiger partial charge in [0.15, 0.2) is 11.6 Å². The van der Waals surface area contributed by atoms with Crippen LogP contribution in [-0.2, 0) is 0 Å². The molecule has 0 amide bonds. The zero-order chi connectivity index (χ0) is 12.6. The summed E-state index contributed by atoms with van der Waals surface area (Å²) in [6.45, 7) is 0.371. The Morgan fingerprint density at radius 3 is 2.82 bits per heavy atom. The van der Waals surface area contributed by atoms with Gasteiger partial charge in [0.05, 0.1) is 23.0 Å². The van der Waals surface area contributed by atoms with E-state index in [2.05, 4.69) is 0 Å². The topological polar surface area (TPSA) is 81.8 Å². The summed E-state index contributed by atoms with van der Waals surface area (Å²) < 4.78 is 19.0. The molecule has 0 aromatic heterocycles. The van der Waals surface area contributed by atoms with Gasteiger partial charge < -0.3 is 20.9 Å². The van der Waals surface area contributed by atoms with Crippen molar-refractivity contribution < 1.29 is 14.3 Å². The van der Waals surface area contributed by atoms with E-state index in [1.165, 1.54) is 0 Å². The van der Waals surface area contributed by atoms with Crippen LogP contribution in [0.15, 0.2) is 6.07 Å². The molecule has 0 radical (unpaired) electrons. The molecule has 0 heterocycles. The van der Waals surface area contributed by atoms with Crippen molar-refractivity contribution in [2.24, 2.45) is 5.92 Å². The third kappa shape index (κ3) is 2.54. The molecule has 1 fully saturated rings. The highest BCUT2D eigenvalue weighted by Gasteiger charge is 2.24. The van der Waals surface area contributed by atoms with E-state index in [-0.39, 0.29) is 10.8 Å². The minimum absolute atomic E-state index is 0.0951. The zero-order valence-corrected chi connectivity index (χ0v) is 9.58. The summed E-state index contributed by atoms with van der Waals surface area (Å²) in [5.74, 6) is -0.676. The number of ether oxygens (including phenoxy) is 1. The third-order valence-electron chi connectivity index (χ3n) is 2.56. The summed E-state index contributed by atoms with van der Waals surface area (Å²) in [6, 6.07) is 1.06. The van der Waals surface area contributed by atoms with Crippen LogP contribution in [0.1, 0.15) is 12.8 Å². The highest BCUT2D eigenvalue weighted by molar-refractivity contribution is 6.32. The molecule has 7 heteroatoms. The molecule has 0 spiro atoms. The molecule has 0 aliphatic heterocycles. The van der Waals surface area contributed by atoms with Gasteiger partial charge in [0.2, 0.25) is 0 Å². The smallest absolute Gasteiger partial charge is 0.191 e. The van der Waals surface area contributed by atoms with Crippen molar-refractivity contribution >= 4 is 23.0 Å². The van der Waals surface area contributed by atoms with Crippen molar-refractivity contribution in [3.63, 3.8) is 0 Å². The van der Waals surface area contributed by atoms with Crippen LogP contribution >= 0.6 is 11.6 Å². The van der Waals surface area contributed by atoms with E-state index in [9.17, 15) is 9.60 Å². The average molecular weight is 262 g/mol. The first-order valence-corrected chi connectivity index (χ1v) is 5.45. The molecule has 1 aliphatic rings. The van der Waals surface area contributed by atoms with Gasteiger partial charge in [-0.3, -0.25) is 5.21 Å². The molecule has 17 heavy (non-hydrogen) atoms. The van der Waals surface area contributed by atoms with Crippen molar-refractivity contribution in [3.8, 4) is 5.75 Å². The van der Waals surface area contributed by atoms with Gasteiger partial charge in [-0.25, -0.2) is 4.39 Å². The molecule has 0 bridgehead atoms. The minimum Gasteiger partial charge on any atom is -0.733 e. The summed E-state index contributed by atoms with van der Waals surface area (Å²) in [5, 5.41) is 18.8. The lowest BCUT2D eigenvalue weighted by molar-refractivity contribution is 0.283. The van der Waals surface area contributed by atoms with Gasteiger partial charge >= 0.3 is 0 Å². The fourth-order valence-electron chi connectivity index (χ4n) is 1.38. The zero-order valence-electron chi connectivity index (χ0n) is 8.82. The van der Waals surface area contributed by atoms with Crippen molar-refractivity contribution in [1.29, 1.82) is 0 Å². The van der Waals surface area contributed by atoms with Crippen LogP contribution in [0.2, 0.25) is 5.02 Å². The maximum Gasteiger partial charge on any atom is 0.191 e. The molecule has 1 aliphatic carbocycles. The molecule has 0 saturated heterocycles. The Labute approximate surface area is 102 Å². The first-order chi connectivity index (χ1) is 8.00. The lowest BCUT2D eigenvalue weighted by atomic mass is 10.2. The quantitative estimate of drug-likeness (QED) is 0.643. The highest BCUT2D eigenvalue weighted by Crippen LogP contribution is 2.39. The second kappa shape index (κ2) is 4.56. The Morgan fingerprint density at radius 1 is 1.65 bits per heavy atom. The number of benzene rings is 1. The normalized spacial score (nSPS) is 14.8. The Morgan fingerprint density at radius 2 is 2.29 bits per heavy atom. The largest absolute Gasteiger partial charge is 0.733 e. The second-order valence-corrected chi connectivity index (χ2v) is 4.37. The molecule has 1 saturated carbocycles. The van der Waals surface area contributed by atoms with E-state index in [1.807, 2.05) is 0 Å². The van der Waals surface area contributed by atoms with Crippen LogP contribution in [0.3, 0.4) is 0 Å². The number of nitrogens with zero attached hydrogens (tertiary/aromatic N) is 1. The lowest BCUT2D eigenvalue weighted by Gasteiger charge is -2.24. The van der Waals surface area contributed by atoms with Gasteiger partial charge in [-0.2, -0.15) is 0 Å². The summed E-state index contributed by atoms with van der Waals surface area (Å²) in [7, 11) is 0. The maximum absolute atomic E-state index is 13.7. The van der Waals surface area contributed by atoms with Crippen molar-refractivity contribution in [3.05, 3.63) is 22.1 Å². The predicted molar refractivity (Wildman–Crippen MR) is 61.7 cm³/mol. The Balaban J connectivity index is 2.28. The number of anilines is 2. The number of halogens is 2. The van der Waals surface area contributed by atoms with Gasteiger partial charge in [0, 0.05) is 0 Å². The average Bonchev–Trinajstić information content (AvgIpc) is 3.06. The number of nitrogens with two attached hydrogens (primary N) is 1. The van der Waals surface area contributed by atoms with E-state index in [0.29, 0.717) is 12.5 Å². The van der Waals surface area contributed by atoms with E-state index >= 15 is 0 Å². The van der Waals surface area contributed by atoms with Gasteiger partial charge in [-0.15, -0.1) is 0 Å². The van der Waals surface area contributed by atoms with Crippen LogP contribution < -0.4 is 15.7 Å². The van der Waals surface area contributed by atoms with Crippen molar-refractivity contribution in [1.82, 2.24) is 0 Å². The molecule has 0 atom stereocenters. The van der Waals surface area contributed by atoms with Gasteiger partial charge in [-0.05, 0) is 24.8 Å². The summed E-state index contributed by atoms with van der Waals surface area (Å²) in [4.78, 5) is 0. The molecule has 1 aromatic carbocycles. The predicted octanol–water partition coefficient (Wildman–Crippen LogP) is 2.54. The monoisotopic (exact) mass is 261 g/mol. The Hall–Kier alpha value is -1.24. The lowest BCUT2D eigenvalue weighted by Crippen LogP contribution is -2.12. The number of rotatable bonds is 4. The summed E-state index contributed by atoms with van der Waals surface area (Å²) in [5.41, 5.74) is 4.43. The Bertz CT molecular complexity index is 438. The SMILES string of the molecule is Nc1c(N([O-])O)cc(Cl)c(OCC2CC2)c1F. The molecule has 2 rings (SSSR count). The number of hydrogen-bond donors (Lipinski definition) is 2. The fraction of sp³-hybridized carbons (Fsp3) is 0.400. The van der Waals surface area contributed by atoms with E-state index < -0.39 is 22.4 Å². The van der Waals surface area contributed by atoms with Crippen molar-refractivity contribution in [2.45, 2.75) is 12.8 Å². The Kier molecular flexibility index (Phi) is 3.28. The molecule has 94 valence electrons. The van der Waals surface area contributed by atoms with Gasteiger partial charge in [-0.1, -0.05) is 11.6 Å². The van der Waals surface area contributed by atoms with E-state index in [1.54, 1.807) is 0 Å². The third-order valence-corrected chi connectivity index (χ3v) is 2.84. The minimum atomic E-state index is -0.928. The highest BCUT2D eigenvalue weighted by atomic mass is 35.5. The molecular formula is C10H11ClFN2O3-. The number of nitrogen functional groups attached to an aromatic ring is 1. The van der Waals surface area contributed by atoms with E-state index in [0.717, 1.165) is 18.9 Å².